The van der Waals surface area contributed by atoms with E-state index in [-0.39, 0.29) is 23.1 Å². The smallest absolute Gasteiger partial charge is 0.227 e. The number of amides is 2. The van der Waals surface area contributed by atoms with Gasteiger partial charge >= 0.3 is 0 Å². The molecule has 28 heavy (non-hydrogen) atoms. The van der Waals surface area contributed by atoms with Gasteiger partial charge in [0.15, 0.2) is 0 Å². The van der Waals surface area contributed by atoms with Gasteiger partial charge in [0.05, 0.1) is 6.42 Å². The molecule has 0 aromatic carbocycles. The average molecular weight is 387 g/mol. The number of rotatable bonds is 3. The minimum atomic E-state index is -0.367. The van der Waals surface area contributed by atoms with E-state index in [1.54, 1.807) is 0 Å². The fourth-order valence-electron chi connectivity index (χ4n) is 4.28. The van der Waals surface area contributed by atoms with Crippen molar-refractivity contribution in [3.63, 3.8) is 0 Å². The average Bonchev–Trinajstić information content (AvgIpc) is 3.18. The maximum absolute atomic E-state index is 12.7. The quantitative estimate of drug-likeness (QED) is 0.801. The highest BCUT2D eigenvalue weighted by atomic mass is 16.2. The number of hydrogen-bond donors (Lipinski definition) is 0. The van der Waals surface area contributed by atoms with E-state index in [9.17, 15) is 9.59 Å². The maximum atomic E-state index is 12.7. The molecule has 0 unspecified atom stereocenters. The Labute approximate surface area is 168 Å². The van der Waals surface area contributed by atoms with Crippen LogP contribution < -0.4 is 0 Å². The Morgan fingerprint density at radius 3 is 2.11 bits per heavy atom. The van der Waals surface area contributed by atoms with Crippen molar-refractivity contribution in [2.45, 2.75) is 72.6 Å². The first kappa shape index (κ1) is 20.7. The molecule has 0 saturated carbocycles. The monoisotopic (exact) mass is 386 g/mol. The van der Waals surface area contributed by atoms with Crippen molar-refractivity contribution in [1.29, 1.82) is 0 Å². The van der Waals surface area contributed by atoms with E-state index in [0.717, 1.165) is 68.1 Å². The van der Waals surface area contributed by atoms with Gasteiger partial charge in [-0.1, -0.05) is 20.8 Å². The number of aryl methyl sites for hydroxylation is 2. The van der Waals surface area contributed by atoms with Crippen molar-refractivity contribution < 1.29 is 9.59 Å². The van der Waals surface area contributed by atoms with Crippen molar-refractivity contribution >= 4 is 11.8 Å². The lowest BCUT2D eigenvalue weighted by Gasteiger charge is -2.36. The molecule has 3 rings (SSSR count). The summed E-state index contributed by atoms with van der Waals surface area (Å²) in [6.45, 7) is 13.1. The molecular weight excluding hydrogens is 352 g/mol. The van der Waals surface area contributed by atoms with Crippen LogP contribution in [-0.4, -0.2) is 57.8 Å². The van der Waals surface area contributed by atoms with E-state index in [2.05, 4.69) is 0 Å². The van der Waals surface area contributed by atoms with E-state index in [4.69, 9.17) is 9.97 Å². The second-order valence-electron chi connectivity index (χ2n) is 9.34. The van der Waals surface area contributed by atoms with Gasteiger partial charge in [0.2, 0.25) is 11.8 Å². The Morgan fingerprint density at radius 1 is 0.964 bits per heavy atom. The SMILES string of the molecule is Cc1nc([C@H]2CCCN(C(=O)C(C)(C)C)C2)nc(C)c1CC(=O)N1CCCC1. The van der Waals surface area contributed by atoms with E-state index in [1.165, 1.54) is 0 Å². The molecule has 0 radical (unpaired) electrons. The van der Waals surface area contributed by atoms with E-state index in [1.807, 2.05) is 44.4 Å². The minimum Gasteiger partial charge on any atom is -0.342 e. The predicted molar refractivity (Wildman–Crippen MR) is 109 cm³/mol. The van der Waals surface area contributed by atoms with Gasteiger partial charge in [-0.25, -0.2) is 9.97 Å². The second kappa shape index (κ2) is 8.18. The summed E-state index contributed by atoms with van der Waals surface area (Å²) < 4.78 is 0. The molecule has 2 saturated heterocycles. The van der Waals surface area contributed by atoms with E-state index < -0.39 is 0 Å². The van der Waals surface area contributed by atoms with Crippen LogP contribution in [0.5, 0.6) is 0 Å². The Bertz CT molecular complexity index is 724. The Morgan fingerprint density at radius 2 is 1.54 bits per heavy atom. The van der Waals surface area contributed by atoms with Crippen LogP contribution in [0, 0.1) is 19.3 Å². The number of nitrogens with zero attached hydrogens (tertiary/aromatic N) is 4. The molecule has 2 aliphatic heterocycles. The molecule has 3 heterocycles. The summed E-state index contributed by atoms with van der Waals surface area (Å²) in [5, 5.41) is 0. The highest BCUT2D eigenvalue weighted by Gasteiger charge is 2.32. The first-order valence-corrected chi connectivity index (χ1v) is 10.6. The van der Waals surface area contributed by atoms with Crippen molar-refractivity contribution in [3.05, 3.63) is 22.8 Å². The summed E-state index contributed by atoms with van der Waals surface area (Å²) in [5.41, 5.74) is 2.39. The number of carbonyl (C=O) groups is 2. The Kier molecular flexibility index (Phi) is 6.06. The van der Waals surface area contributed by atoms with Gasteiger partial charge in [0.1, 0.15) is 5.82 Å². The molecule has 0 N–H and O–H groups in total. The van der Waals surface area contributed by atoms with Crippen LogP contribution in [0.15, 0.2) is 0 Å². The molecule has 2 amide bonds. The normalized spacial score (nSPS) is 20.5. The lowest BCUT2D eigenvalue weighted by Crippen LogP contribution is -2.45. The Hall–Kier alpha value is -1.98. The number of likely N-dealkylation sites (tertiary alicyclic amines) is 2. The van der Waals surface area contributed by atoms with Crippen LogP contribution in [0.1, 0.15) is 75.1 Å². The molecule has 0 bridgehead atoms. The summed E-state index contributed by atoms with van der Waals surface area (Å²) in [5.74, 6) is 1.36. The second-order valence-corrected chi connectivity index (χ2v) is 9.34. The molecule has 0 spiro atoms. The minimum absolute atomic E-state index is 0.167. The molecule has 2 aliphatic rings. The number of carbonyl (C=O) groups excluding carboxylic acids is 2. The lowest BCUT2D eigenvalue weighted by molar-refractivity contribution is -0.140. The molecule has 154 valence electrons. The molecule has 1 aromatic rings. The summed E-state index contributed by atoms with van der Waals surface area (Å²) in [7, 11) is 0. The van der Waals surface area contributed by atoms with Crippen molar-refractivity contribution in [1.82, 2.24) is 19.8 Å². The van der Waals surface area contributed by atoms with E-state index in [0.29, 0.717) is 13.0 Å². The third-order valence-electron chi connectivity index (χ3n) is 5.94. The molecule has 1 aromatic heterocycles. The third kappa shape index (κ3) is 4.53. The Balaban J connectivity index is 1.74. The maximum Gasteiger partial charge on any atom is 0.227 e. The lowest BCUT2D eigenvalue weighted by atomic mass is 9.90. The fourth-order valence-corrected chi connectivity index (χ4v) is 4.28. The summed E-state index contributed by atoms with van der Waals surface area (Å²) in [6.07, 6.45) is 4.56. The zero-order chi connectivity index (χ0) is 20.5. The summed E-state index contributed by atoms with van der Waals surface area (Å²) in [6, 6.07) is 0. The van der Waals surface area contributed by atoms with E-state index >= 15 is 0 Å². The summed E-state index contributed by atoms with van der Waals surface area (Å²) in [4.78, 5) is 38.7. The van der Waals surface area contributed by atoms with Crippen LogP contribution in [0.4, 0.5) is 0 Å². The van der Waals surface area contributed by atoms with Crippen molar-refractivity contribution in [3.8, 4) is 0 Å². The number of piperidine rings is 1. The van der Waals surface area contributed by atoms with Gasteiger partial charge in [-0.05, 0) is 39.5 Å². The van der Waals surface area contributed by atoms with Gasteiger partial charge in [-0.15, -0.1) is 0 Å². The van der Waals surface area contributed by atoms with Gasteiger partial charge in [0, 0.05) is 54.5 Å². The number of aromatic nitrogens is 2. The van der Waals surface area contributed by atoms with Crippen LogP contribution in [-0.2, 0) is 16.0 Å². The zero-order valence-electron chi connectivity index (χ0n) is 18.0. The number of hydrogen-bond acceptors (Lipinski definition) is 4. The first-order valence-electron chi connectivity index (χ1n) is 10.6. The fraction of sp³-hybridized carbons (Fsp3) is 0.727. The third-order valence-corrected chi connectivity index (χ3v) is 5.94. The molecule has 0 aliphatic carbocycles. The molecular formula is C22H34N4O2. The molecule has 2 fully saturated rings. The molecule has 1 atom stereocenters. The molecule has 6 heteroatoms. The highest BCUT2D eigenvalue weighted by Crippen LogP contribution is 2.29. The van der Waals surface area contributed by atoms with Crippen molar-refractivity contribution in [2.75, 3.05) is 26.2 Å². The standard InChI is InChI=1S/C22H34N4O2/c1-15-18(13-19(27)25-10-6-7-11-25)16(2)24-20(23-15)17-9-8-12-26(14-17)21(28)22(3,4)5/h17H,6-14H2,1-5H3/t17-/m0/s1. The van der Waals surface area contributed by atoms with Gasteiger partial charge in [0.25, 0.3) is 0 Å². The van der Waals surface area contributed by atoms with Gasteiger partial charge in [-0.2, -0.15) is 0 Å². The topological polar surface area (TPSA) is 66.4 Å². The van der Waals surface area contributed by atoms with Crippen LogP contribution in [0.3, 0.4) is 0 Å². The van der Waals surface area contributed by atoms with Gasteiger partial charge in [-0.3, -0.25) is 9.59 Å². The summed E-state index contributed by atoms with van der Waals surface area (Å²) >= 11 is 0. The zero-order valence-corrected chi connectivity index (χ0v) is 18.0. The largest absolute Gasteiger partial charge is 0.342 e. The van der Waals surface area contributed by atoms with Crippen molar-refractivity contribution in [2.24, 2.45) is 5.41 Å². The predicted octanol–water partition coefficient (Wildman–Crippen LogP) is 3.01. The molecule has 6 nitrogen and oxygen atoms in total. The van der Waals surface area contributed by atoms with Gasteiger partial charge < -0.3 is 9.80 Å². The first-order chi connectivity index (χ1) is 13.2. The van der Waals surface area contributed by atoms with Crippen LogP contribution >= 0.6 is 0 Å². The van der Waals surface area contributed by atoms with Crippen LogP contribution in [0.2, 0.25) is 0 Å². The van der Waals surface area contributed by atoms with Crippen LogP contribution in [0.25, 0.3) is 0 Å². The highest BCUT2D eigenvalue weighted by molar-refractivity contribution is 5.81.